The number of carbonyl (C=O) groups excluding carboxylic acids is 1. The molecule has 74 valence electrons. The van der Waals surface area contributed by atoms with Gasteiger partial charge in [-0.2, -0.15) is 0 Å². The number of phenols is 1. The lowest BCUT2D eigenvalue weighted by atomic mass is 9.83. The fourth-order valence-electron chi connectivity index (χ4n) is 2.08. The molecule has 0 unspecified atom stereocenters. The Morgan fingerprint density at radius 2 is 1.79 bits per heavy atom. The summed E-state index contributed by atoms with van der Waals surface area (Å²) in [4.78, 5) is 11.1. The fourth-order valence-corrected chi connectivity index (χ4v) is 2.08. The average molecular weight is 190 g/mol. The summed E-state index contributed by atoms with van der Waals surface area (Å²) in [5.41, 5.74) is 1.00. The summed E-state index contributed by atoms with van der Waals surface area (Å²) in [6, 6.07) is 7.43. The minimum atomic E-state index is 0.358. The zero-order valence-corrected chi connectivity index (χ0v) is 8.07. The van der Waals surface area contributed by atoms with Gasteiger partial charge in [-0.1, -0.05) is 18.2 Å². The van der Waals surface area contributed by atoms with Crippen LogP contribution in [0.15, 0.2) is 24.3 Å². The molecule has 14 heavy (non-hydrogen) atoms. The summed E-state index contributed by atoms with van der Waals surface area (Å²) in [5, 5.41) is 9.64. The molecule has 2 rings (SSSR count). The van der Waals surface area contributed by atoms with Gasteiger partial charge in [-0.05, 0) is 30.4 Å². The predicted molar refractivity (Wildman–Crippen MR) is 54.3 cm³/mol. The first-order chi connectivity index (χ1) is 6.77. The third-order valence-electron chi connectivity index (χ3n) is 2.92. The summed E-state index contributed by atoms with van der Waals surface area (Å²) < 4.78 is 0. The molecule has 0 heterocycles. The lowest BCUT2D eigenvalue weighted by Gasteiger charge is -2.21. The first-order valence-electron chi connectivity index (χ1n) is 5.07. The number of ketones is 1. The van der Waals surface area contributed by atoms with Crippen LogP contribution in [0, 0.1) is 0 Å². The molecule has 0 atom stereocenters. The van der Waals surface area contributed by atoms with Crippen LogP contribution in [0.3, 0.4) is 0 Å². The Morgan fingerprint density at radius 3 is 2.43 bits per heavy atom. The Bertz CT molecular complexity index is 334. The van der Waals surface area contributed by atoms with Crippen molar-refractivity contribution in [2.45, 2.75) is 31.6 Å². The summed E-state index contributed by atoms with van der Waals surface area (Å²) in [7, 11) is 0. The van der Waals surface area contributed by atoms with Gasteiger partial charge < -0.3 is 5.11 Å². The average Bonchev–Trinajstić information content (AvgIpc) is 2.20. The van der Waals surface area contributed by atoms with Gasteiger partial charge in [-0.3, -0.25) is 4.79 Å². The van der Waals surface area contributed by atoms with Crippen LogP contribution in [-0.2, 0) is 4.79 Å². The van der Waals surface area contributed by atoms with E-state index in [4.69, 9.17) is 0 Å². The molecular formula is C12H14O2. The minimum absolute atomic E-state index is 0.358. The fraction of sp³-hybridized carbons (Fsp3) is 0.417. The molecule has 0 spiro atoms. The molecule has 0 aliphatic heterocycles. The number of phenolic OH excluding ortho intramolecular Hbond substituents is 1. The molecule has 1 N–H and O–H groups in total. The van der Waals surface area contributed by atoms with Crippen molar-refractivity contribution in [3.63, 3.8) is 0 Å². The van der Waals surface area contributed by atoms with E-state index in [1.54, 1.807) is 6.07 Å². The van der Waals surface area contributed by atoms with Crippen LogP contribution in [0.25, 0.3) is 0 Å². The lowest BCUT2D eigenvalue weighted by molar-refractivity contribution is -0.120. The maximum atomic E-state index is 11.1. The molecule has 0 bridgehead atoms. The van der Waals surface area contributed by atoms with Gasteiger partial charge in [-0.15, -0.1) is 0 Å². The molecular weight excluding hydrogens is 176 g/mol. The predicted octanol–water partition coefficient (Wildman–Crippen LogP) is 2.62. The highest BCUT2D eigenvalue weighted by molar-refractivity contribution is 5.79. The molecule has 0 radical (unpaired) electrons. The molecule has 0 saturated heterocycles. The van der Waals surface area contributed by atoms with E-state index in [2.05, 4.69) is 0 Å². The monoisotopic (exact) mass is 190 g/mol. The molecule has 0 amide bonds. The van der Waals surface area contributed by atoms with Gasteiger partial charge in [0, 0.05) is 12.8 Å². The Balaban J connectivity index is 2.16. The van der Waals surface area contributed by atoms with Crippen LogP contribution >= 0.6 is 0 Å². The largest absolute Gasteiger partial charge is 0.508 e. The number of benzene rings is 1. The Labute approximate surface area is 83.6 Å². The Morgan fingerprint density at radius 1 is 1.14 bits per heavy atom. The quantitative estimate of drug-likeness (QED) is 0.739. The second kappa shape index (κ2) is 3.82. The Hall–Kier alpha value is -1.31. The number of hydrogen-bond donors (Lipinski definition) is 1. The molecule has 1 aliphatic rings. The van der Waals surface area contributed by atoms with Crippen molar-refractivity contribution in [1.29, 1.82) is 0 Å². The van der Waals surface area contributed by atoms with Gasteiger partial charge >= 0.3 is 0 Å². The number of para-hydroxylation sites is 1. The zero-order chi connectivity index (χ0) is 9.97. The van der Waals surface area contributed by atoms with Crippen molar-refractivity contribution < 1.29 is 9.90 Å². The highest BCUT2D eigenvalue weighted by Gasteiger charge is 2.21. The number of aromatic hydroxyl groups is 1. The molecule has 1 fully saturated rings. The van der Waals surface area contributed by atoms with Gasteiger partial charge in [-0.25, -0.2) is 0 Å². The second-order valence-corrected chi connectivity index (χ2v) is 3.87. The van der Waals surface area contributed by atoms with Crippen LogP contribution in [-0.4, -0.2) is 10.9 Å². The number of rotatable bonds is 1. The van der Waals surface area contributed by atoms with Crippen LogP contribution in [0.5, 0.6) is 5.75 Å². The smallest absolute Gasteiger partial charge is 0.132 e. The van der Waals surface area contributed by atoms with Crippen LogP contribution in [0.4, 0.5) is 0 Å². The molecule has 1 aromatic carbocycles. The molecule has 1 aromatic rings. The number of Topliss-reactive ketones (excluding diaryl/α,β-unsaturated/α-hetero) is 1. The molecule has 1 aliphatic carbocycles. The van der Waals surface area contributed by atoms with Crippen LogP contribution in [0.1, 0.15) is 37.2 Å². The third-order valence-corrected chi connectivity index (χ3v) is 2.92. The summed E-state index contributed by atoms with van der Waals surface area (Å²) >= 11 is 0. The van der Waals surface area contributed by atoms with E-state index in [1.807, 2.05) is 18.2 Å². The molecule has 1 saturated carbocycles. The Kier molecular flexibility index (Phi) is 2.53. The van der Waals surface area contributed by atoms with Crippen LogP contribution in [0.2, 0.25) is 0 Å². The number of carbonyl (C=O) groups is 1. The maximum Gasteiger partial charge on any atom is 0.132 e. The van der Waals surface area contributed by atoms with Gasteiger partial charge in [0.2, 0.25) is 0 Å². The van der Waals surface area contributed by atoms with Crippen LogP contribution < -0.4 is 0 Å². The first-order valence-corrected chi connectivity index (χ1v) is 5.07. The van der Waals surface area contributed by atoms with Crippen molar-refractivity contribution >= 4 is 5.78 Å². The summed E-state index contributed by atoms with van der Waals surface area (Å²) in [5.74, 6) is 1.09. The van der Waals surface area contributed by atoms with Gasteiger partial charge in [0.05, 0.1) is 0 Å². The van der Waals surface area contributed by atoms with Crippen molar-refractivity contribution in [2.24, 2.45) is 0 Å². The van der Waals surface area contributed by atoms with Crippen molar-refractivity contribution in [2.75, 3.05) is 0 Å². The van der Waals surface area contributed by atoms with E-state index in [0.717, 1.165) is 18.4 Å². The van der Waals surface area contributed by atoms with Gasteiger partial charge in [0.1, 0.15) is 11.5 Å². The van der Waals surface area contributed by atoms with E-state index in [-0.39, 0.29) is 0 Å². The lowest BCUT2D eigenvalue weighted by Crippen LogP contribution is -2.12. The van der Waals surface area contributed by atoms with E-state index in [1.165, 1.54) is 0 Å². The molecule has 2 nitrogen and oxygen atoms in total. The zero-order valence-electron chi connectivity index (χ0n) is 8.07. The minimum Gasteiger partial charge on any atom is -0.508 e. The standard InChI is InChI=1S/C12H14O2/c13-10-7-5-9(6-8-10)11-3-1-2-4-12(11)14/h1-4,9,14H,5-8H2. The van der Waals surface area contributed by atoms with E-state index in [9.17, 15) is 9.90 Å². The maximum absolute atomic E-state index is 11.1. The second-order valence-electron chi connectivity index (χ2n) is 3.87. The van der Waals surface area contributed by atoms with Crippen molar-refractivity contribution in [3.05, 3.63) is 29.8 Å². The summed E-state index contributed by atoms with van der Waals surface area (Å²) in [6.45, 7) is 0. The summed E-state index contributed by atoms with van der Waals surface area (Å²) in [6.07, 6.45) is 3.10. The molecule has 0 aromatic heterocycles. The van der Waals surface area contributed by atoms with E-state index < -0.39 is 0 Å². The first kappa shape index (κ1) is 9.25. The number of hydrogen-bond acceptors (Lipinski definition) is 2. The molecule has 2 heteroatoms. The van der Waals surface area contributed by atoms with E-state index in [0.29, 0.717) is 30.3 Å². The van der Waals surface area contributed by atoms with Gasteiger partial charge in [0.25, 0.3) is 0 Å². The van der Waals surface area contributed by atoms with E-state index >= 15 is 0 Å². The normalized spacial score (nSPS) is 18.4. The van der Waals surface area contributed by atoms with Gasteiger partial charge in [0.15, 0.2) is 0 Å². The third kappa shape index (κ3) is 1.79. The topological polar surface area (TPSA) is 37.3 Å². The van der Waals surface area contributed by atoms with Crippen molar-refractivity contribution in [1.82, 2.24) is 0 Å². The highest BCUT2D eigenvalue weighted by Crippen LogP contribution is 2.35. The van der Waals surface area contributed by atoms with Crippen molar-refractivity contribution in [3.8, 4) is 5.75 Å². The highest BCUT2D eigenvalue weighted by atomic mass is 16.3. The SMILES string of the molecule is O=C1CCC(c2ccccc2O)CC1.